The number of benzene rings is 1. The largest absolute Gasteiger partial charge is 0.345 e. The van der Waals surface area contributed by atoms with E-state index in [0.717, 1.165) is 32.5 Å². The molecule has 0 saturated carbocycles. The lowest BCUT2D eigenvalue weighted by atomic mass is 9.74. The van der Waals surface area contributed by atoms with Gasteiger partial charge in [0.25, 0.3) is 5.91 Å². The van der Waals surface area contributed by atoms with Gasteiger partial charge < -0.3 is 10.2 Å². The molecule has 0 spiro atoms. The third-order valence-corrected chi connectivity index (χ3v) is 5.35. The van der Waals surface area contributed by atoms with E-state index >= 15 is 0 Å². The van der Waals surface area contributed by atoms with Crippen LogP contribution in [-0.4, -0.2) is 41.0 Å². The summed E-state index contributed by atoms with van der Waals surface area (Å²) < 4.78 is 13.9. The molecule has 2 bridgehead atoms. The number of rotatable bonds is 2. The van der Waals surface area contributed by atoms with Crippen LogP contribution >= 0.6 is 12.4 Å². The molecule has 4 nitrogen and oxygen atoms in total. The lowest BCUT2D eigenvalue weighted by molar-refractivity contribution is 0.0167. The first kappa shape index (κ1) is 17.1. The molecule has 1 N–H and O–H groups in total. The molecule has 3 saturated heterocycles. The fraction of sp³-hybridized carbons (Fsp3) is 0.444. The summed E-state index contributed by atoms with van der Waals surface area (Å²) in [5.74, 6) is -0.150. The third kappa shape index (κ3) is 2.87. The minimum Gasteiger partial charge on any atom is -0.345 e. The Morgan fingerprint density at radius 3 is 2.79 bits per heavy atom. The van der Waals surface area contributed by atoms with Crippen molar-refractivity contribution in [2.75, 3.05) is 19.6 Å². The first-order chi connectivity index (χ1) is 11.0. The van der Waals surface area contributed by atoms with Gasteiger partial charge in [-0.05, 0) is 57.0 Å². The molecule has 0 radical (unpaired) electrons. The van der Waals surface area contributed by atoms with Gasteiger partial charge in [-0.15, -0.1) is 12.4 Å². The number of amides is 1. The van der Waals surface area contributed by atoms with E-state index in [4.69, 9.17) is 0 Å². The van der Waals surface area contributed by atoms with Gasteiger partial charge in [0.15, 0.2) is 0 Å². The first-order valence-electron chi connectivity index (χ1n) is 8.14. The SMILES string of the molecule is CC1(NC(=O)c2cc(F)cc3cccnc23)CN2CCC1CC2.Cl. The molecule has 3 aliphatic heterocycles. The molecule has 3 aliphatic rings. The molecule has 1 aromatic heterocycles. The number of carbonyl (C=O) groups excluding carboxylic acids is 1. The van der Waals surface area contributed by atoms with Gasteiger partial charge in [-0.2, -0.15) is 0 Å². The van der Waals surface area contributed by atoms with Gasteiger partial charge in [-0.25, -0.2) is 4.39 Å². The van der Waals surface area contributed by atoms with E-state index in [0.29, 0.717) is 22.4 Å². The highest BCUT2D eigenvalue weighted by Crippen LogP contribution is 2.35. The lowest BCUT2D eigenvalue weighted by Gasteiger charge is -2.52. The predicted molar refractivity (Wildman–Crippen MR) is 94.0 cm³/mol. The van der Waals surface area contributed by atoms with Crippen LogP contribution in [0.1, 0.15) is 30.1 Å². The third-order valence-electron chi connectivity index (χ3n) is 5.35. The van der Waals surface area contributed by atoms with Crippen LogP contribution in [0.3, 0.4) is 0 Å². The number of nitrogens with one attached hydrogen (secondary N) is 1. The quantitative estimate of drug-likeness (QED) is 0.906. The Hall–Kier alpha value is -1.72. The van der Waals surface area contributed by atoms with Crippen molar-refractivity contribution < 1.29 is 9.18 Å². The predicted octanol–water partition coefficient (Wildman–Crippen LogP) is 3.01. The van der Waals surface area contributed by atoms with Crippen molar-refractivity contribution in [2.45, 2.75) is 25.3 Å². The topological polar surface area (TPSA) is 45.2 Å². The van der Waals surface area contributed by atoms with Crippen LogP contribution in [0.15, 0.2) is 30.5 Å². The molecule has 24 heavy (non-hydrogen) atoms. The first-order valence-corrected chi connectivity index (χ1v) is 8.14. The van der Waals surface area contributed by atoms with Crippen LogP contribution in [0.2, 0.25) is 0 Å². The molecular formula is C18H21ClFN3O. The van der Waals surface area contributed by atoms with Crippen molar-refractivity contribution in [2.24, 2.45) is 5.92 Å². The molecule has 1 unspecified atom stereocenters. The van der Waals surface area contributed by atoms with Crippen molar-refractivity contribution in [3.8, 4) is 0 Å². The summed E-state index contributed by atoms with van der Waals surface area (Å²) in [5.41, 5.74) is 0.621. The summed E-state index contributed by atoms with van der Waals surface area (Å²) in [4.78, 5) is 19.5. The number of piperidine rings is 3. The van der Waals surface area contributed by atoms with E-state index in [1.165, 1.54) is 12.1 Å². The van der Waals surface area contributed by atoms with Crippen LogP contribution in [0, 0.1) is 11.7 Å². The summed E-state index contributed by atoms with van der Waals surface area (Å²) in [6, 6.07) is 6.22. The second-order valence-electron chi connectivity index (χ2n) is 6.95. The van der Waals surface area contributed by atoms with Crippen LogP contribution in [0.25, 0.3) is 10.9 Å². The number of aromatic nitrogens is 1. The van der Waals surface area contributed by atoms with Crippen molar-refractivity contribution in [3.05, 3.63) is 41.8 Å². The van der Waals surface area contributed by atoms with Gasteiger partial charge in [0.05, 0.1) is 16.6 Å². The molecule has 6 heteroatoms. The lowest BCUT2D eigenvalue weighted by Crippen LogP contribution is -2.65. The number of carbonyl (C=O) groups is 1. The van der Waals surface area contributed by atoms with Crippen LogP contribution < -0.4 is 5.32 Å². The highest BCUT2D eigenvalue weighted by atomic mass is 35.5. The average molecular weight is 350 g/mol. The summed E-state index contributed by atoms with van der Waals surface area (Å²) in [6.45, 7) is 5.20. The van der Waals surface area contributed by atoms with Crippen LogP contribution in [-0.2, 0) is 0 Å². The molecule has 2 aromatic rings. The second kappa shape index (κ2) is 6.30. The van der Waals surface area contributed by atoms with Crippen LogP contribution in [0.5, 0.6) is 0 Å². The van der Waals surface area contributed by atoms with E-state index in [2.05, 4.69) is 22.1 Å². The molecule has 5 rings (SSSR count). The van der Waals surface area contributed by atoms with E-state index in [-0.39, 0.29) is 23.9 Å². The Bertz CT molecular complexity index is 776. The molecule has 1 atom stereocenters. The zero-order valence-corrected chi connectivity index (χ0v) is 14.4. The minimum absolute atomic E-state index is 0. The highest BCUT2D eigenvalue weighted by Gasteiger charge is 2.44. The van der Waals surface area contributed by atoms with Crippen molar-refractivity contribution in [1.82, 2.24) is 15.2 Å². The fourth-order valence-corrected chi connectivity index (χ4v) is 4.12. The normalized spacial score (nSPS) is 28.4. The van der Waals surface area contributed by atoms with Gasteiger partial charge in [0.1, 0.15) is 5.82 Å². The molecule has 1 aromatic carbocycles. The summed E-state index contributed by atoms with van der Waals surface area (Å²) >= 11 is 0. The molecule has 4 heterocycles. The maximum absolute atomic E-state index is 13.9. The highest BCUT2D eigenvalue weighted by molar-refractivity contribution is 6.05. The van der Waals surface area contributed by atoms with Crippen molar-refractivity contribution in [3.63, 3.8) is 0 Å². The Morgan fingerprint density at radius 2 is 2.12 bits per heavy atom. The van der Waals surface area contributed by atoms with Gasteiger partial charge in [-0.1, -0.05) is 6.07 Å². The maximum Gasteiger partial charge on any atom is 0.254 e. The number of hydrogen-bond donors (Lipinski definition) is 1. The molecule has 0 aliphatic carbocycles. The summed E-state index contributed by atoms with van der Waals surface area (Å²) in [6.07, 6.45) is 3.85. The van der Waals surface area contributed by atoms with Crippen molar-refractivity contribution in [1.29, 1.82) is 0 Å². The summed E-state index contributed by atoms with van der Waals surface area (Å²) in [5, 5.41) is 3.82. The zero-order chi connectivity index (χ0) is 16.0. The van der Waals surface area contributed by atoms with Crippen molar-refractivity contribution >= 4 is 29.2 Å². The smallest absolute Gasteiger partial charge is 0.254 e. The number of hydrogen-bond acceptors (Lipinski definition) is 3. The minimum atomic E-state index is -0.408. The number of fused-ring (bicyclic) bond motifs is 4. The second-order valence-corrected chi connectivity index (χ2v) is 6.95. The molecular weight excluding hydrogens is 329 g/mol. The van der Waals surface area contributed by atoms with E-state index in [9.17, 15) is 9.18 Å². The van der Waals surface area contributed by atoms with Gasteiger partial charge in [-0.3, -0.25) is 9.78 Å². The van der Waals surface area contributed by atoms with Gasteiger partial charge in [0, 0.05) is 18.1 Å². The monoisotopic (exact) mass is 349 g/mol. The Morgan fingerprint density at radius 1 is 1.38 bits per heavy atom. The molecule has 128 valence electrons. The fourth-order valence-electron chi connectivity index (χ4n) is 4.12. The van der Waals surface area contributed by atoms with E-state index in [1.54, 1.807) is 18.3 Å². The van der Waals surface area contributed by atoms with Gasteiger partial charge >= 0.3 is 0 Å². The maximum atomic E-state index is 13.9. The average Bonchev–Trinajstić information content (AvgIpc) is 2.54. The number of halogens is 2. The standard InChI is InChI=1S/C18H20FN3O.ClH/c1-18(11-22-7-4-13(18)5-8-22)21-17(23)15-10-14(19)9-12-3-2-6-20-16(12)15;/h2-3,6,9-10,13H,4-5,7-8,11H2,1H3,(H,21,23);1H. The molecule has 1 amide bonds. The Balaban J connectivity index is 0.00000169. The van der Waals surface area contributed by atoms with E-state index in [1.807, 2.05) is 0 Å². The van der Waals surface area contributed by atoms with Crippen LogP contribution in [0.4, 0.5) is 4.39 Å². The Kier molecular flexibility index (Phi) is 4.49. The zero-order valence-electron chi connectivity index (χ0n) is 13.6. The summed E-state index contributed by atoms with van der Waals surface area (Å²) in [7, 11) is 0. The van der Waals surface area contributed by atoms with E-state index < -0.39 is 5.82 Å². The molecule has 3 fully saturated rings. The number of pyridine rings is 1. The number of nitrogens with zero attached hydrogens (tertiary/aromatic N) is 2. The Labute approximate surface area is 146 Å². The van der Waals surface area contributed by atoms with Gasteiger partial charge in [0.2, 0.25) is 0 Å².